The van der Waals surface area contributed by atoms with Crippen LogP contribution in [0.3, 0.4) is 0 Å². The van der Waals surface area contributed by atoms with Gasteiger partial charge in [-0.2, -0.15) is 0 Å². The van der Waals surface area contributed by atoms with Gasteiger partial charge in [-0.25, -0.2) is 0 Å². The molecule has 1 aliphatic rings. The molecule has 3 nitrogen and oxygen atoms in total. The average molecular weight is 187 g/mol. The van der Waals surface area contributed by atoms with Crippen LogP contribution in [0, 0.1) is 0 Å². The van der Waals surface area contributed by atoms with Crippen LogP contribution >= 0.6 is 0 Å². The zero-order valence-electron chi connectivity index (χ0n) is 8.46. The molecular formula is C10H21NO2. The molecule has 78 valence electrons. The smallest absolute Gasteiger partial charge is 0.0897 e. The van der Waals surface area contributed by atoms with Crippen molar-refractivity contribution in [1.29, 1.82) is 0 Å². The first kappa shape index (κ1) is 11.0. The van der Waals surface area contributed by atoms with Gasteiger partial charge < -0.3 is 15.2 Å². The van der Waals surface area contributed by atoms with E-state index in [1.807, 2.05) is 0 Å². The first-order chi connectivity index (χ1) is 6.33. The molecule has 1 rings (SSSR count). The maximum absolute atomic E-state index is 9.44. The van der Waals surface area contributed by atoms with Crippen LogP contribution in [-0.4, -0.2) is 37.0 Å². The fourth-order valence-electron chi connectivity index (χ4n) is 1.11. The molecule has 0 amide bonds. The number of unbranched alkanes of at least 4 members (excludes halogenated alkanes) is 1. The third kappa shape index (κ3) is 6.02. The molecule has 0 aromatic rings. The number of nitrogens with one attached hydrogen (secondary N) is 1. The molecule has 0 spiro atoms. The number of hydrogen-bond donors (Lipinski definition) is 2. The molecule has 0 saturated heterocycles. The molecule has 1 fully saturated rings. The third-order valence-electron chi connectivity index (χ3n) is 2.17. The Labute approximate surface area is 80.5 Å². The van der Waals surface area contributed by atoms with Crippen LogP contribution in [0.25, 0.3) is 0 Å². The summed E-state index contributed by atoms with van der Waals surface area (Å²) in [6.07, 6.45) is 4.43. The summed E-state index contributed by atoms with van der Waals surface area (Å²) in [5.74, 6) is 0. The summed E-state index contributed by atoms with van der Waals surface area (Å²) in [5.41, 5.74) is 0. The van der Waals surface area contributed by atoms with E-state index in [9.17, 15) is 5.11 Å². The SMILES string of the molecule is CCCCOCC(O)CNC1CC1. The second-order valence-electron chi connectivity index (χ2n) is 3.76. The summed E-state index contributed by atoms with van der Waals surface area (Å²) in [7, 11) is 0. The number of rotatable bonds is 8. The monoisotopic (exact) mass is 187 g/mol. The second kappa shape index (κ2) is 6.35. The van der Waals surface area contributed by atoms with Gasteiger partial charge in [0.25, 0.3) is 0 Å². The van der Waals surface area contributed by atoms with E-state index in [1.165, 1.54) is 12.8 Å². The predicted octanol–water partition coefficient (Wildman–Crippen LogP) is 0.916. The molecule has 13 heavy (non-hydrogen) atoms. The average Bonchev–Trinajstić information content (AvgIpc) is 2.92. The van der Waals surface area contributed by atoms with Gasteiger partial charge in [0.05, 0.1) is 12.7 Å². The van der Waals surface area contributed by atoms with E-state index < -0.39 is 0 Å². The van der Waals surface area contributed by atoms with Gasteiger partial charge in [-0.3, -0.25) is 0 Å². The standard InChI is InChI=1S/C10H21NO2/c1-2-3-6-13-8-10(12)7-11-9-4-5-9/h9-12H,2-8H2,1H3. The van der Waals surface area contributed by atoms with Crippen molar-refractivity contribution in [3.05, 3.63) is 0 Å². The first-order valence-electron chi connectivity index (χ1n) is 5.32. The van der Waals surface area contributed by atoms with Crippen molar-refractivity contribution in [3.8, 4) is 0 Å². The number of ether oxygens (including phenoxy) is 1. The van der Waals surface area contributed by atoms with Crippen molar-refractivity contribution in [1.82, 2.24) is 5.32 Å². The van der Waals surface area contributed by atoms with Gasteiger partial charge in [0.1, 0.15) is 0 Å². The van der Waals surface area contributed by atoms with Crippen molar-refractivity contribution in [2.24, 2.45) is 0 Å². The molecule has 0 heterocycles. The normalized spacial score (nSPS) is 18.9. The topological polar surface area (TPSA) is 41.5 Å². The van der Waals surface area contributed by atoms with E-state index in [0.717, 1.165) is 19.4 Å². The fourth-order valence-corrected chi connectivity index (χ4v) is 1.11. The molecule has 0 aromatic carbocycles. The van der Waals surface area contributed by atoms with E-state index in [4.69, 9.17) is 4.74 Å². The Balaban J connectivity index is 1.81. The Morgan fingerprint density at radius 1 is 1.54 bits per heavy atom. The van der Waals surface area contributed by atoms with Crippen molar-refractivity contribution >= 4 is 0 Å². The number of aliphatic hydroxyl groups excluding tert-OH is 1. The minimum Gasteiger partial charge on any atom is -0.389 e. The largest absolute Gasteiger partial charge is 0.389 e. The Kier molecular flexibility index (Phi) is 5.35. The lowest BCUT2D eigenvalue weighted by Crippen LogP contribution is -2.31. The van der Waals surface area contributed by atoms with E-state index in [2.05, 4.69) is 12.2 Å². The minimum atomic E-state index is -0.336. The second-order valence-corrected chi connectivity index (χ2v) is 3.76. The zero-order chi connectivity index (χ0) is 9.52. The van der Waals surface area contributed by atoms with Crippen LogP contribution in [0.15, 0.2) is 0 Å². The highest BCUT2D eigenvalue weighted by molar-refractivity contribution is 4.81. The van der Waals surface area contributed by atoms with Crippen molar-refractivity contribution in [2.45, 2.75) is 44.8 Å². The van der Waals surface area contributed by atoms with Crippen molar-refractivity contribution in [2.75, 3.05) is 19.8 Å². The highest BCUT2D eigenvalue weighted by Crippen LogP contribution is 2.18. The van der Waals surface area contributed by atoms with Gasteiger partial charge in [0.15, 0.2) is 0 Å². The van der Waals surface area contributed by atoms with E-state index in [-0.39, 0.29) is 6.10 Å². The molecule has 1 unspecified atom stereocenters. The summed E-state index contributed by atoms with van der Waals surface area (Å²) in [4.78, 5) is 0. The molecule has 0 aliphatic heterocycles. The summed E-state index contributed by atoms with van der Waals surface area (Å²) in [6.45, 7) is 4.06. The highest BCUT2D eigenvalue weighted by atomic mass is 16.5. The van der Waals surface area contributed by atoms with Gasteiger partial charge in [0, 0.05) is 19.2 Å². The van der Waals surface area contributed by atoms with Gasteiger partial charge in [-0.15, -0.1) is 0 Å². The summed E-state index contributed by atoms with van der Waals surface area (Å²) < 4.78 is 5.30. The van der Waals surface area contributed by atoms with Crippen LogP contribution < -0.4 is 5.32 Å². The fraction of sp³-hybridized carbons (Fsp3) is 1.00. The molecule has 3 heteroatoms. The van der Waals surface area contributed by atoms with Gasteiger partial charge in [-0.05, 0) is 19.3 Å². The van der Waals surface area contributed by atoms with E-state index in [0.29, 0.717) is 19.2 Å². The molecule has 1 atom stereocenters. The Morgan fingerprint density at radius 3 is 2.92 bits per heavy atom. The van der Waals surface area contributed by atoms with Crippen LogP contribution in [0.5, 0.6) is 0 Å². The van der Waals surface area contributed by atoms with Crippen molar-refractivity contribution < 1.29 is 9.84 Å². The highest BCUT2D eigenvalue weighted by Gasteiger charge is 2.21. The Bertz CT molecular complexity index is 126. The summed E-state index contributed by atoms with van der Waals surface area (Å²) in [6, 6.07) is 0.672. The summed E-state index contributed by atoms with van der Waals surface area (Å²) >= 11 is 0. The number of aliphatic hydroxyl groups is 1. The quantitative estimate of drug-likeness (QED) is 0.555. The van der Waals surface area contributed by atoms with Crippen molar-refractivity contribution in [3.63, 3.8) is 0 Å². The minimum absolute atomic E-state index is 0.336. The lowest BCUT2D eigenvalue weighted by Gasteiger charge is -2.11. The molecular weight excluding hydrogens is 166 g/mol. The first-order valence-corrected chi connectivity index (χ1v) is 5.32. The maximum Gasteiger partial charge on any atom is 0.0897 e. The van der Waals surface area contributed by atoms with E-state index in [1.54, 1.807) is 0 Å². The Morgan fingerprint density at radius 2 is 2.31 bits per heavy atom. The molecule has 2 N–H and O–H groups in total. The molecule has 1 aliphatic carbocycles. The van der Waals surface area contributed by atoms with Gasteiger partial charge >= 0.3 is 0 Å². The lowest BCUT2D eigenvalue weighted by atomic mass is 10.3. The van der Waals surface area contributed by atoms with Crippen LogP contribution in [0.4, 0.5) is 0 Å². The van der Waals surface area contributed by atoms with Crippen LogP contribution in [0.2, 0.25) is 0 Å². The Hall–Kier alpha value is -0.120. The number of hydrogen-bond acceptors (Lipinski definition) is 3. The maximum atomic E-state index is 9.44. The predicted molar refractivity (Wildman–Crippen MR) is 52.8 cm³/mol. The third-order valence-corrected chi connectivity index (χ3v) is 2.17. The summed E-state index contributed by atoms with van der Waals surface area (Å²) in [5, 5.41) is 12.7. The molecule has 0 aromatic heterocycles. The zero-order valence-corrected chi connectivity index (χ0v) is 8.46. The van der Waals surface area contributed by atoms with Crippen LogP contribution in [-0.2, 0) is 4.74 Å². The molecule has 0 radical (unpaired) electrons. The lowest BCUT2D eigenvalue weighted by molar-refractivity contribution is 0.0358. The van der Waals surface area contributed by atoms with Gasteiger partial charge in [0.2, 0.25) is 0 Å². The molecule has 1 saturated carbocycles. The van der Waals surface area contributed by atoms with Gasteiger partial charge in [-0.1, -0.05) is 13.3 Å². The van der Waals surface area contributed by atoms with E-state index >= 15 is 0 Å². The van der Waals surface area contributed by atoms with Crippen LogP contribution in [0.1, 0.15) is 32.6 Å². The molecule has 0 bridgehead atoms.